The maximum absolute atomic E-state index is 13.2. The highest BCUT2D eigenvalue weighted by Gasteiger charge is 2.15. The first-order chi connectivity index (χ1) is 12.7. The van der Waals surface area contributed by atoms with Crippen LogP contribution in [0.2, 0.25) is 0 Å². The van der Waals surface area contributed by atoms with Gasteiger partial charge in [0.25, 0.3) is 0 Å². The zero-order valence-corrected chi connectivity index (χ0v) is 18.7. The minimum Gasteiger partial charge on any atom is -0.356 e. The first kappa shape index (κ1) is 21.9. The van der Waals surface area contributed by atoms with Gasteiger partial charge in [-0.1, -0.05) is 12.1 Å². The lowest BCUT2D eigenvalue weighted by Gasteiger charge is -2.12. The van der Waals surface area contributed by atoms with Gasteiger partial charge >= 0.3 is 0 Å². The minimum absolute atomic E-state index is 0. The third-order valence-corrected chi connectivity index (χ3v) is 5.36. The maximum Gasteiger partial charge on any atom is 0.190 e. The van der Waals surface area contributed by atoms with Crippen LogP contribution in [-0.4, -0.2) is 44.2 Å². The second kappa shape index (κ2) is 11.4. The van der Waals surface area contributed by atoms with Crippen LogP contribution in [0.3, 0.4) is 0 Å². The molecule has 0 aliphatic carbocycles. The monoisotopic (exact) mass is 503 g/mol. The molecule has 0 radical (unpaired) electrons. The Morgan fingerprint density at radius 2 is 1.96 bits per heavy atom. The van der Waals surface area contributed by atoms with Gasteiger partial charge in [0.2, 0.25) is 0 Å². The number of thiazole rings is 1. The zero-order chi connectivity index (χ0) is 18.2. The number of hydrogen-bond donors (Lipinski definition) is 2. The van der Waals surface area contributed by atoms with Gasteiger partial charge in [0.15, 0.2) is 11.1 Å². The molecule has 8 heteroatoms. The quantitative estimate of drug-likeness (QED) is 0.346. The van der Waals surface area contributed by atoms with Crippen molar-refractivity contribution in [3.63, 3.8) is 0 Å². The van der Waals surface area contributed by atoms with Crippen molar-refractivity contribution in [1.29, 1.82) is 0 Å². The molecule has 3 rings (SSSR count). The van der Waals surface area contributed by atoms with Crippen molar-refractivity contribution in [2.75, 3.05) is 38.1 Å². The number of aromatic nitrogens is 1. The van der Waals surface area contributed by atoms with Crippen LogP contribution < -0.4 is 15.5 Å². The molecule has 1 fully saturated rings. The van der Waals surface area contributed by atoms with E-state index in [0.717, 1.165) is 54.8 Å². The average Bonchev–Trinajstić information content (AvgIpc) is 3.32. The van der Waals surface area contributed by atoms with Crippen LogP contribution in [-0.2, 0) is 12.8 Å². The van der Waals surface area contributed by atoms with Gasteiger partial charge in [-0.2, -0.15) is 0 Å². The number of rotatable bonds is 7. The fourth-order valence-electron chi connectivity index (χ4n) is 3.01. The van der Waals surface area contributed by atoms with Crippen LogP contribution in [0.4, 0.5) is 9.52 Å². The summed E-state index contributed by atoms with van der Waals surface area (Å²) in [4.78, 5) is 11.3. The highest BCUT2D eigenvalue weighted by molar-refractivity contribution is 14.0. The molecule has 148 valence electrons. The van der Waals surface area contributed by atoms with Crippen molar-refractivity contribution >= 4 is 46.4 Å². The van der Waals surface area contributed by atoms with Crippen LogP contribution in [0.25, 0.3) is 0 Å². The number of benzene rings is 1. The van der Waals surface area contributed by atoms with Gasteiger partial charge in [-0.15, -0.1) is 35.3 Å². The molecule has 2 aromatic rings. The molecule has 2 heterocycles. The van der Waals surface area contributed by atoms with E-state index >= 15 is 0 Å². The molecule has 1 aromatic heterocycles. The second-order valence-electron chi connectivity index (χ2n) is 6.37. The lowest BCUT2D eigenvalue weighted by molar-refractivity contribution is 0.625. The van der Waals surface area contributed by atoms with Crippen molar-refractivity contribution in [3.05, 3.63) is 46.7 Å². The summed E-state index contributed by atoms with van der Waals surface area (Å²) in [6.45, 7) is 3.75. The van der Waals surface area contributed by atoms with E-state index in [1.165, 1.54) is 18.9 Å². The second-order valence-corrected chi connectivity index (χ2v) is 7.21. The van der Waals surface area contributed by atoms with Gasteiger partial charge in [0, 0.05) is 45.0 Å². The SMILES string of the molecule is CN=C(NCCc1cccc(F)c1)NCCc1csc(N2CCCC2)n1.I. The third-order valence-electron chi connectivity index (χ3n) is 4.41. The summed E-state index contributed by atoms with van der Waals surface area (Å²) < 4.78 is 13.2. The molecule has 0 amide bonds. The Labute approximate surface area is 181 Å². The Hall–Kier alpha value is -1.42. The normalized spacial score (nSPS) is 14.1. The molecule has 2 N–H and O–H groups in total. The first-order valence-electron chi connectivity index (χ1n) is 9.13. The molecular weight excluding hydrogens is 476 g/mol. The summed E-state index contributed by atoms with van der Waals surface area (Å²) in [6, 6.07) is 6.70. The predicted molar refractivity (Wildman–Crippen MR) is 122 cm³/mol. The molecule has 1 aromatic carbocycles. The fraction of sp³-hybridized carbons (Fsp3) is 0.474. The number of aliphatic imine (C=N–C) groups is 1. The lowest BCUT2D eigenvalue weighted by atomic mass is 10.1. The summed E-state index contributed by atoms with van der Waals surface area (Å²) >= 11 is 1.73. The summed E-state index contributed by atoms with van der Waals surface area (Å²) in [7, 11) is 1.76. The summed E-state index contributed by atoms with van der Waals surface area (Å²) in [5.41, 5.74) is 2.10. The van der Waals surface area contributed by atoms with Crippen LogP contribution >= 0.6 is 35.3 Å². The summed E-state index contributed by atoms with van der Waals surface area (Å²) in [6.07, 6.45) is 4.17. The first-order valence-corrected chi connectivity index (χ1v) is 10.0. The molecule has 5 nitrogen and oxygen atoms in total. The van der Waals surface area contributed by atoms with Crippen LogP contribution in [0.5, 0.6) is 0 Å². The minimum atomic E-state index is -0.193. The number of nitrogens with zero attached hydrogens (tertiary/aromatic N) is 3. The number of anilines is 1. The lowest BCUT2D eigenvalue weighted by Crippen LogP contribution is -2.39. The molecule has 27 heavy (non-hydrogen) atoms. The van der Waals surface area contributed by atoms with E-state index in [2.05, 4.69) is 25.9 Å². The van der Waals surface area contributed by atoms with E-state index in [4.69, 9.17) is 4.98 Å². The molecule has 0 atom stereocenters. The van der Waals surface area contributed by atoms with Gasteiger partial charge < -0.3 is 15.5 Å². The summed E-state index contributed by atoms with van der Waals surface area (Å²) in [5.74, 6) is 0.568. The maximum atomic E-state index is 13.2. The molecule has 1 aliphatic heterocycles. The molecule has 0 unspecified atom stereocenters. The van der Waals surface area contributed by atoms with Crippen LogP contribution in [0.15, 0.2) is 34.6 Å². The van der Waals surface area contributed by atoms with Crippen LogP contribution in [0, 0.1) is 5.82 Å². The van der Waals surface area contributed by atoms with Gasteiger partial charge in [-0.3, -0.25) is 4.99 Å². The third kappa shape index (κ3) is 6.91. The van der Waals surface area contributed by atoms with Gasteiger partial charge in [-0.05, 0) is 37.0 Å². The molecule has 0 spiro atoms. The topological polar surface area (TPSA) is 52.6 Å². The highest BCUT2D eigenvalue weighted by Crippen LogP contribution is 2.24. The molecular formula is C19H27FIN5S. The Balaban J connectivity index is 0.00000261. The van der Waals surface area contributed by atoms with E-state index < -0.39 is 0 Å². The fourth-order valence-corrected chi connectivity index (χ4v) is 3.93. The van der Waals surface area contributed by atoms with Gasteiger partial charge in [-0.25, -0.2) is 9.37 Å². The largest absolute Gasteiger partial charge is 0.356 e. The Bertz CT molecular complexity index is 730. The van der Waals surface area contributed by atoms with Crippen molar-refractivity contribution in [2.24, 2.45) is 4.99 Å². The van der Waals surface area contributed by atoms with Gasteiger partial charge in [0.05, 0.1) is 5.69 Å². The number of halogens is 2. The van der Waals surface area contributed by atoms with Crippen LogP contribution in [0.1, 0.15) is 24.1 Å². The van der Waals surface area contributed by atoms with E-state index in [0.29, 0.717) is 6.54 Å². The Morgan fingerprint density at radius 3 is 2.67 bits per heavy atom. The van der Waals surface area contributed by atoms with Gasteiger partial charge in [0.1, 0.15) is 5.82 Å². The average molecular weight is 503 g/mol. The number of nitrogens with one attached hydrogen (secondary N) is 2. The van der Waals surface area contributed by atoms with Crippen molar-refractivity contribution in [3.8, 4) is 0 Å². The number of guanidine groups is 1. The van der Waals surface area contributed by atoms with E-state index in [9.17, 15) is 4.39 Å². The zero-order valence-electron chi connectivity index (χ0n) is 15.6. The standard InChI is InChI=1S/C19H26FN5S.HI/c1-21-18(22-9-7-15-5-4-6-16(20)13-15)23-10-8-17-14-26-19(24-17)25-11-2-3-12-25;/h4-6,13-14H,2-3,7-12H2,1H3,(H2,21,22,23);1H. The number of hydrogen-bond acceptors (Lipinski definition) is 4. The molecule has 0 bridgehead atoms. The molecule has 1 saturated heterocycles. The van der Waals surface area contributed by atoms with Crippen molar-refractivity contribution in [1.82, 2.24) is 15.6 Å². The van der Waals surface area contributed by atoms with E-state index in [-0.39, 0.29) is 29.8 Å². The van der Waals surface area contributed by atoms with Crippen molar-refractivity contribution < 1.29 is 4.39 Å². The van der Waals surface area contributed by atoms with E-state index in [1.807, 2.05) is 6.07 Å². The van der Waals surface area contributed by atoms with E-state index in [1.54, 1.807) is 30.5 Å². The smallest absolute Gasteiger partial charge is 0.190 e. The Morgan fingerprint density at radius 1 is 1.22 bits per heavy atom. The highest BCUT2D eigenvalue weighted by atomic mass is 127. The molecule has 0 saturated carbocycles. The summed E-state index contributed by atoms with van der Waals surface area (Å²) in [5, 5.41) is 9.87. The predicted octanol–water partition coefficient (Wildman–Crippen LogP) is 3.45. The Kier molecular flexibility index (Phi) is 9.26. The molecule has 1 aliphatic rings. The van der Waals surface area contributed by atoms with Crippen molar-refractivity contribution in [2.45, 2.75) is 25.7 Å².